The van der Waals surface area contributed by atoms with Crippen molar-refractivity contribution in [3.05, 3.63) is 0 Å². The van der Waals surface area contributed by atoms with Crippen LogP contribution in [0.1, 0.15) is 19.8 Å². The van der Waals surface area contributed by atoms with Crippen LogP contribution >= 0.6 is 0 Å². The van der Waals surface area contributed by atoms with E-state index in [0.29, 0.717) is 12.1 Å². The largest absolute Gasteiger partial charge is 0.381 e. The molecule has 0 amide bonds. The summed E-state index contributed by atoms with van der Waals surface area (Å²) in [4.78, 5) is 0. The van der Waals surface area contributed by atoms with Crippen molar-refractivity contribution in [2.24, 2.45) is 11.7 Å². The van der Waals surface area contributed by atoms with Gasteiger partial charge in [-0.05, 0) is 25.7 Å². The summed E-state index contributed by atoms with van der Waals surface area (Å²) in [6.45, 7) is 2.07. The third-order valence-electron chi connectivity index (χ3n) is 2.21. The summed E-state index contributed by atoms with van der Waals surface area (Å²) in [7, 11) is 1.77. The Labute approximate surface area is 56.4 Å². The van der Waals surface area contributed by atoms with Crippen molar-refractivity contribution >= 4 is 0 Å². The lowest BCUT2D eigenvalue weighted by Gasteiger charge is -2.36. The Morgan fingerprint density at radius 3 is 2.44 bits per heavy atom. The topological polar surface area (TPSA) is 35.2 Å². The van der Waals surface area contributed by atoms with Crippen molar-refractivity contribution < 1.29 is 4.74 Å². The van der Waals surface area contributed by atoms with Gasteiger partial charge in [-0.25, -0.2) is 0 Å². The average Bonchev–Trinajstić information content (AvgIpc) is 1.61. The van der Waals surface area contributed by atoms with Gasteiger partial charge in [0.05, 0.1) is 6.10 Å². The molecule has 0 heterocycles. The molecule has 9 heavy (non-hydrogen) atoms. The number of ether oxygens (including phenoxy) is 1. The van der Waals surface area contributed by atoms with E-state index in [1.165, 1.54) is 0 Å². The smallest absolute Gasteiger partial charge is 0.0577 e. The number of nitrogens with two attached hydrogens (primary N) is 1. The van der Waals surface area contributed by atoms with Crippen LogP contribution in [0.5, 0.6) is 0 Å². The van der Waals surface area contributed by atoms with E-state index in [1.54, 1.807) is 7.11 Å². The molecule has 1 aliphatic carbocycles. The van der Waals surface area contributed by atoms with Gasteiger partial charge in [0.1, 0.15) is 0 Å². The van der Waals surface area contributed by atoms with Gasteiger partial charge in [-0.2, -0.15) is 0 Å². The van der Waals surface area contributed by atoms with Crippen LogP contribution in [-0.4, -0.2) is 19.3 Å². The second-order valence-corrected chi connectivity index (χ2v) is 2.95. The monoisotopic (exact) mass is 129 g/mol. The molecule has 1 fully saturated rings. The van der Waals surface area contributed by atoms with Crippen LogP contribution in [0.2, 0.25) is 0 Å². The quantitative estimate of drug-likeness (QED) is 0.597. The number of methoxy groups -OCH3 is 1. The number of hydrogen-bond donors (Lipinski definition) is 1. The normalized spacial score (nSPS) is 37.7. The molecule has 0 bridgehead atoms. The van der Waals surface area contributed by atoms with E-state index < -0.39 is 0 Å². The molecule has 0 radical (unpaired) electrons. The fraction of sp³-hybridized carbons (Fsp3) is 1.00. The molecule has 1 saturated carbocycles. The summed E-state index contributed by atoms with van der Waals surface area (Å²) in [5.74, 6) is 0.718. The number of hydrogen-bond acceptors (Lipinski definition) is 2. The fourth-order valence-corrected chi connectivity index (χ4v) is 1.23. The Morgan fingerprint density at radius 1 is 1.56 bits per heavy atom. The van der Waals surface area contributed by atoms with Crippen LogP contribution in [0.25, 0.3) is 0 Å². The van der Waals surface area contributed by atoms with Crippen molar-refractivity contribution in [3.63, 3.8) is 0 Å². The Hall–Kier alpha value is -0.0800. The Morgan fingerprint density at radius 2 is 2.11 bits per heavy atom. The zero-order valence-corrected chi connectivity index (χ0v) is 6.13. The second-order valence-electron chi connectivity index (χ2n) is 2.95. The lowest BCUT2D eigenvalue weighted by molar-refractivity contribution is -0.00548. The Kier molecular flexibility index (Phi) is 2.09. The predicted molar refractivity (Wildman–Crippen MR) is 37.2 cm³/mol. The van der Waals surface area contributed by atoms with Gasteiger partial charge in [-0.3, -0.25) is 0 Å². The van der Waals surface area contributed by atoms with E-state index in [2.05, 4.69) is 6.92 Å². The molecule has 0 saturated heterocycles. The molecule has 0 aromatic heterocycles. The average molecular weight is 129 g/mol. The minimum absolute atomic E-state index is 0.358. The zero-order valence-electron chi connectivity index (χ0n) is 6.13. The molecule has 2 N–H and O–H groups in total. The summed E-state index contributed by atoms with van der Waals surface area (Å²) >= 11 is 0. The van der Waals surface area contributed by atoms with Crippen molar-refractivity contribution in [2.45, 2.75) is 31.9 Å². The van der Waals surface area contributed by atoms with Crippen LogP contribution in [0.15, 0.2) is 0 Å². The molecule has 2 nitrogen and oxygen atoms in total. The van der Waals surface area contributed by atoms with Crippen LogP contribution in [0, 0.1) is 5.92 Å². The van der Waals surface area contributed by atoms with Gasteiger partial charge in [-0.15, -0.1) is 0 Å². The van der Waals surface area contributed by atoms with Gasteiger partial charge in [0, 0.05) is 13.2 Å². The number of rotatable bonds is 2. The van der Waals surface area contributed by atoms with Crippen LogP contribution in [0.3, 0.4) is 0 Å². The molecule has 0 unspecified atom stereocenters. The SMILES string of the molecule is COC1CC([C@@H](C)N)C1. The summed E-state index contributed by atoms with van der Waals surface area (Å²) < 4.78 is 5.11. The van der Waals surface area contributed by atoms with Crippen LogP contribution in [-0.2, 0) is 4.74 Å². The van der Waals surface area contributed by atoms with E-state index >= 15 is 0 Å². The van der Waals surface area contributed by atoms with E-state index in [4.69, 9.17) is 10.5 Å². The molecule has 0 spiro atoms. The van der Waals surface area contributed by atoms with Gasteiger partial charge in [0.15, 0.2) is 0 Å². The third kappa shape index (κ3) is 1.43. The standard InChI is InChI=1S/C7H15NO/c1-5(8)6-3-7(4-6)9-2/h5-7H,3-4,8H2,1-2H3/t5-,6?,7?/m1/s1. The predicted octanol–water partition coefficient (Wildman–Crippen LogP) is 0.759. The first-order valence-electron chi connectivity index (χ1n) is 3.52. The summed E-state index contributed by atoms with van der Waals surface area (Å²) in [6, 6.07) is 0.358. The lowest BCUT2D eigenvalue weighted by Crippen LogP contribution is -2.40. The molecule has 0 aromatic carbocycles. The van der Waals surface area contributed by atoms with Gasteiger partial charge in [-0.1, -0.05) is 0 Å². The highest BCUT2D eigenvalue weighted by Crippen LogP contribution is 2.31. The van der Waals surface area contributed by atoms with Gasteiger partial charge in [0.25, 0.3) is 0 Å². The Balaban J connectivity index is 2.12. The molecule has 1 aliphatic rings. The summed E-state index contributed by atoms with van der Waals surface area (Å²) in [5.41, 5.74) is 5.66. The lowest BCUT2D eigenvalue weighted by atomic mass is 9.78. The zero-order chi connectivity index (χ0) is 6.85. The maximum atomic E-state index is 5.66. The van der Waals surface area contributed by atoms with E-state index in [0.717, 1.165) is 18.8 Å². The third-order valence-corrected chi connectivity index (χ3v) is 2.21. The molecule has 1 atom stereocenters. The van der Waals surface area contributed by atoms with Crippen molar-refractivity contribution in [3.8, 4) is 0 Å². The van der Waals surface area contributed by atoms with Crippen molar-refractivity contribution in [1.29, 1.82) is 0 Å². The summed E-state index contributed by atoms with van der Waals surface area (Å²) in [5, 5.41) is 0. The van der Waals surface area contributed by atoms with Gasteiger partial charge >= 0.3 is 0 Å². The highest BCUT2D eigenvalue weighted by molar-refractivity contribution is 4.84. The van der Waals surface area contributed by atoms with Crippen LogP contribution in [0.4, 0.5) is 0 Å². The maximum Gasteiger partial charge on any atom is 0.0577 e. The molecular weight excluding hydrogens is 114 g/mol. The molecular formula is C7H15NO. The van der Waals surface area contributed by atoms with Crippen molar-refractivity contribution in [2.75, 3.05) is 7.11 Å². The summed E-state index contributed by atoms with van der Waals surface area (Å²) in [6.07, 6.45) is 2.82. The maximum absolute atomic E-state index is 5.66. The second kappa shape index (κ2) is 2.67. The van der Waals surface area contributed by atoms with Crippen molar-refractivity contribution in [1.82, 2.24) is 0 Å². The molecule has 2 heteroatoms. The van der Waals surface area contributed by atoms with E-state index in [1.807, 2.05) is 0 Å². The van der Waals surface area contributed by atoms with E-state index in [-0.39, 0.29) is 0 Å². The first-order chi connectivity index (χ1) is 4.24. The highest BCUT2D eigenvalue weighted by atomic mass is 16.5. The minimum Gasteiger partial charge on any atom is -0.381 e. The first kappa shape index (κ1) is 7.03. The van der Waals surface area contributed by atoms with Gasteiger partial charge in [0.2, 0.25) is 0 Å². The van der Waals surface area contributed by atoms with Crippen LogP contribution < -0.4 is 5.73 Å². The molecule has 0 aromatic rings. The molecule has 1 rings (SSSR count). The molecule has 0 aliphatic heterocycles. The minimum atomic E-state index is 0.358. The van der Waals surface area contributed by atoms with E-state index in [9.17, 15) is 0 Å². The highest BCUT2D eigenvalue weighted by Gasteiger charge is 2.31. The first-order valence-corrected chi connectivity index (χ1v) is 3.52. The van der Waals surface area contributed by atoms with Gasteiger partial charge < -0.3 is 10.5 Å². The molecule has 54 valence electrons. The Bertz CT molecular complexity index is 86.9. The fourth-order valence-electron chi connectivity index (χ4n) is 1.23.